The molecule has 1 heterocycles. The molecular weight excluding hydrogens is 160 g/mol. The molecule has 1 N–H and O–H groups in total. The van der Waals surface area contributed by atoms with E-state index in [-0.39, 0.29) is 6.61 Å². The van der Waals surface area contributed by atoms with E-state index in [1.807, 2.05) is 0 Å². The van der Waals surface area contributed by atoms with Gasteiger partial charge in [0.1, 0.15) is 6.61 Å². The Hall–Kier alpha value is -1.11. The van der Waals surface area contributed by atoms with Crippen molar-refractivity contribution in [1.29, 1.82) is 0 Å². The van der Waals surface area contributed by atoms with Crippen LogP contribution in [0.15, 0.2) is 11.4 Å². The van der Waals surface area contributed by atoms with Gasteiger partial charge in [0.15, 0.2) is 6.29 Å². The number of aldehydes is 1. The fraction of sp³-hybridized carbons (Fsp3) is 0.125. The first kappa shape index (κ1) is 7.99. The van der Waals surface area contributed by atoms with E-state index in [0.29, 0.717) is 10.4 Å². The van der Waals surface area contributed by atoms with Crippen molar-refractivity contribution in [1.82, 2.24) is 0 Å². The Bertz CT molecular complexity index is 303. The summed E-state index contributed by atoms with van der Waals surface area (Å²) in [6.07, 6.45) is 0.770. The number of hydrogen-bond acceptors (Lipinski definition) is 3. The van der Waals surface area contributed by atoms with Gasteiger partial charge in [-0.05, 0) is 11.4 Å². The highest BCUT2D eigenvalue weighted by molar-refractivity contribution is 7.11. The average Bonchev–Trinajstić information content (AvgIpc) is 2.47. The van der Waals surface area contributed by atoms with Crippen molar-refractivity contribution in [3.05, 3.63) is 21.9 Å². The highest BCUT2D eigenvalue weighted by atomic mass is 32.1. The molecular formula is C8H6O2S. The summed E-state index contributed by atoms with van der Waals surface area (Å²) in [5.41, 5.74) is 0.694. The van der Waals surface area contributed by atoms with Gasteiger partial charge in [-0.15, -0.1) is 11.3 Å². The van der Waals surface area contributed by atoms with Crippen molar-refractivity contribution in [2.75, 3.05) is 6.61 Å². The fourth-order valence-corrected chi connectivity index (χ4v) is 1.30. The van der Waals surface area contributed by atoms with Gasteiger partial charge in [-0.2, -0.15) is 0 Å². The van der Waals surface area contributed by atoms with Crippen LogP contribution in [0.4, 0.5) is 0 Å². The van der Waals surface area contributed by atoms with Gasteiger partial charge < -0.3 is 5.11 Å². The molecule has 0 fully saturated rings. The number of rotatable bonds is 1. The maximum absolute atomic E-state index is 10.3. The summed E-state index contributed by atoms with van der Waals surface area (Å²) in [5.74, 6) is 5.15. The minimum Gasteiger partial charge on any atom is -0.384 e. The molecule has 0 aromatic carbocycles. The summed E-state index contributed by atoms with van der Waals surface area (Å²) in [5, 5.41) is 10.2. The lowest BCUT2D eigenvalue weighted by molar-refractivity contribution is 0.112. The number of thiophene rings is 1. The van der Waals surface area contributed by atoms with Crippen molar-refractivity contribution in [2.45, 2.75) is 0 Å². The Morgan fingerprint density at radius 1 is 1.73 bits per heavy atom. The maximum Gasteiger partial charge on any atom is 0.161 e. The standard InChI is InChI=1S/C8H6O2S/c9-4-1-2-7-3-5-11-8(7)6-10/h3,5-6,9H,4H2. The predicted molar refractivity (Wildman–Crippen MR) is 43.7 cm³/mol. The summed E-state index contributed by atoms with van der Waals surface area (Å²) in [7, 11) is 0. The SMILES string of the molecule is O=Cc1sccc1C#CCO. The van der Waals surface area contributed by atoms with Crippen LogP contribution < -0.4 is 0 Å². The lowest BCUT2D eigenvalue weighted by Gasteiger charge is -1.81. The second-order valence-electron chi connectivity index (χ2n) is 1.78. The van der Waals surface area contributed by atoms with E-state index in [1.54, 1.807) is 11.4 Å². The molecule has 3 heteroatoms. The van der Waals surface area contributed by atoms with Crippen LogP contribution in [0.5, 0.6) is 0 Å². The van der Waals surface area contributed by atoms with E-state index >= 15 is 0 Å². The number of carbonyl (C=O) groups is 1. The number of aliphatic hydroxyl groups excluding tert-OH is 1. The predicted octanol–water partition coefficient (Wildman–Crippen LogP) is 0.904. The third kappa shape index (κ3) is 1.90. The van der Waals surface area contributed by atoms with Gasteiger partial charge in [0.05, 0.1) is 4.88 Å². The van der Waals surface area contributed by atoms with Crippen LogP contribution in [-0.2, 0) is 0 Å². The molecule has 0 aliphatic rings. The summed E-state index contributed by atoms with van der Waals surface area (Å²) in [6.45, 7) is -0.172. The Morgan fingerprint density at radius 3 is 3.18 bits per heavy atom. The molecule has 0 saturated heterocycles. The lowest BCUT2D eigenvalue weighted by atomic mass is 10.3. The Labute approximate surface area is 68.5 Å². The molecule has 11 heavy (non-hydrogen) atoms. The molecule has 0 unspecified atom stereocenters. The van der Waals surface area contributed by atoms with E-state index in [1.165, 1.54) is 11.3 Å². The highest BCUT2D eigenvalue weighted by Crippen LogP contribution is 2.12. The molecule has 0 bridgehead atoms. The molecule has 1 aromatic rings. The first-order valence-corrected chi connectivity index (χ1v) is 3.89. The highest BCUT2D eigenvalue weighted by Gasteiger charge is 1.97. The number of carbonyl (C=O) groups excluding carboxylic acids is 1. The molecule has 0 saturated carbocycles. The quantitative estimate of drug-likeness (QED) is 0.497. The zero-order valence-corrected chi connectivity index (χ0v) is 6.52. The molecule has 0 spiro atoms. The first-order chi connectivity index (χ1) is 5.38. The van der Waals surface area contributed by atoms with Crippen LogP contribution >= 0.6 is 11.3 Å². The summed E-state index contributed by atoms with van der Waals surface area (Å²) in [6, 6.07) is 1.76. The van der Waals surface area contributed by atoms with Crippen LogP contribution in [0.3, 0.4) is 0 Å². The van der Waals surface area contributed by atoms with Crippen molar-refractivity contribution < 1.29 is 9.90 Å². The van der Waals surface area contributed by atoms with Crippen LogP contribution in [0.1, 0.15) is 15.2 Å². The zero-order chi connectivity index (χ0) is 8.10. The van der Waals surface area contributed by atoms with Gasteiger partial charge in [-0.25, -0.2) is 0 Å². The van der Waals surface area contributed by atoms with Gasteiger partial charge in [0, 0.05) is 5.56 Å². The van der Waals surface area contributed by atoms with E-state index in [0.717, 1.165) is 6.29 Å². The first-order valence-electron chi connectivity index (χ1n) is 3.01. The third-order valence-electron chi connectivity index (χ3n) is 1.10. The van der Waals surface area contributed by atoms with E-state index in [9.17, 15) is 4.79 Å². The van der Waals surface area contributed by atoms with E-state index in [4.69, 9.17) is 5.11 Å². The molecule has 0 radical (unpaired) electrons. The maximum atomic E-state index is 10.3. The Kier molecular flexibility index (Phi) is 2.84. The normalized spacial score (nSPS) is 8.45. The van der Waals surface area contributed by atoms with Gasteiger partial charge in [0.2, 0.25) is 0 Å². The average molecular weight is 166 g/mol. The van der Waals surface area contributed by atoms with E-state index in [2.05, 4.69) is 11.8 Å². The van der Waals surface area contributed by atoms with E-state index < -0.39 is 0 Å². The largest absolute Gasteiger partial charge is 0.384 e. The molecule has 0 aliphatic carbocycles. The summed E-state index contributed by atoms with van der Waals surface area (Å²) < 4.78 is 0. The number of aliphatic hydroxyl groups is 1. The van der Waals surface area contributed by atoms with Gasteiger partial charge >= 0.3 is 0 Å². The van der Waals surface area contributed by atoms with Gasteiger partial charge in [0.25, 0.3) is 0 Å². The minimum atomic E-state index is -0.172. The lowest BCUT2D eigenvalue weighted by Crippen LogP contribution is -1.78. The van der Waals surface area contributed by atoms with Crippen LogP contribution in [-0.4, -0.2) is 18.0 Å². The van der Waals surface area contributed by atoms with Gasteiger partial charge in [-0.1, -0.05) is 11.8 Å². The molecule has 1 rings (SSSR count). The van der Waals surface area contributed by atoms with Crippen LogP contribution in [0.25, 0.3) is 0 Å². The molecule has 0 amide bonds. The van der Waals surface area contributed by atoms with Crippen LogP contribution in [0, 0.1) is 11.8 Å². The molecule has 0 aliphatic heterocycles. The Morgan fingerprint density at radius 2 is 2.55 bits per heavy atom. The topological polar surface area (TPSA) is 37.3 Å². The molecule has 2 nitrogen and oxygen atoms in total. The number of hydrogen-bond donors (Lipinski definition) is 1. The summed E-state index contributed by atoms with van der Waals surface area (Å²) in [4.78, 5) is 10.9. The second kappa shape index (κ2) is 3.91. The fourth-order valence-electron chi connectivity index (χ4n) is 0.650. The van der Waals surface area contributed by atoms with Crippen molar-refractivity contribution in [3.8, 4) is 11.8 Å². The molecule has 1 aromatic heterocycles. The minimum absolute atomic E-state index is 0.172. The van der Waals surface area contributed by atoms with Crippen LogP contribution in [0.2, 0.25) is 0 Å². The smallest absolute Gasteiger partial charge is 0.161 e. The van der Waals surface area contributed by atoms with Crippen molar-refractivity contribution in [2.24, 2.45) is 0 Å². The van der Waals surface area contributed by atoms with Gasteiger partial charge in [-0.3, -0.25) is 4.79 Å². The second-order valence-corrected chi connectivity index (χ2v) is 2.72. The Balaban J connectivity index is 2.93. The van der Waals surface area contributed by atoms with Crippen molar-refractivity contribution >= 4 is 17.6 Å². The van der Waals surface area contributed by atoms with Crippen molar-refractivity contribution in [3.63, 3.8) is 0 Å². The monoisotopic (exact) mass is 166 g/mol. The zero-order valence-electron chi connectivity index (χ0n) is 5.70. The summed E-state index contributed by atoms with van der Waals surface area (Å²) >= 11 is 1.35. The molecule has 0 atom stereocenters. The third-order valence-corrected chi connectivity index (χ3v) is 1.95. The molecule has 56 valence electrons.